The van der Waals surface area contributed by atoms with Crippen LogP contribution < -0.4 is 15.8 Å². The fourth-order valence-corrected chi connectivity index (χ4v) is 2.19. The van der Waals surface area contributed by atoms with Crippen molar-refractivity contribution in [2.24, 2.45) is 11.7 Å². The highest BCUT2D eigenvalue weighted by Gasteiger charge is 2.06. The third-order valence-electron chi connectivity index (χ3n) is 3.62. The maximum atomic E-state index is 5.55. The van der Waals surface area contributed by atoms with Gasteiger partial charge < -0.3 is 15.8 Å². The van der Waals surface area contributed by atoms with E-state index in [1.54, 1.807) is 7.11 Å². The van der Waals surface area contributed by atoms with Crippen LogP contribution in [0.15, 0.2) is 12.1 Å². The van der Waals surface area contributed by atoms with Gasteiger partial charge in [-0.05, 0) is 75.0 Å². The summed E-state index contributed by atoms with van der Waals surface area (Å²) >= 11 is 0. The third-order valence-corrected chi connectivity index (χ3v) is 3.62. The average molecular weight is 264 g/mol. The Morgan fingerprint density at radius 2 is 1.95 bits per heavy atom. The number of methoxy groups -OCH3 is 1. The third kappa shape index (κ3) is 5.21. The highest BCUT2D eigenvalue weighted by atomic mass is 16.5. The minimum Gasteiger partial charge on any atom is -0.496 e. The monoisotopic (exact) mass is 264 g/mol. The zero-order chi connectivity index (χ0) is 14.3. The molecule has 1 aromatic rings. The van der Waals surface area contributed by atoms with Gasteiger partial charge >= 0.3 is 0 Å². The highest BCUT2D eigenvalue weighted by molar-refractivity contribution is 5.41. The first kappa shape index (κ1) is 16.0. The largest absolute Gasteiger partial charge is 0.496 e. The Bertz CT molecular complexity index is 391. The van der Waals surface area contributed by atoms with Crippen LogP contribution in [-0.2, 0) is 6.42 Å². The second-order valence-electron chi connectivity index (χ2n) is 5.38. The molecule has 0 saturated heterocycles. The molecule has 0 aliphatic heterocycles. The van der Waals surface area contributed by atoms with Crippen LogP contribution in [0.25, 0.3) is 0 Å². The summed E-state index contributed by atoms with van der Waals surface area (Å²) in [6.07, 6.45) is 2.08. The van der Waals surface area contributed by atoms with Crippen molar-refractivity contribution in [1.82, 2.24) is 5.32 Å². The summed E-state index contributed by atoms with van der Waals surface area (Å²) in [5.74, 6) is 1.64. The van der Waals surface area contributed by atoms with Crippen LogP contribution in [0, 0.1) is 19.8 Å². The summed E-state index contributed by atoms with van der Waals surface area (Å²) in [4.78, 5) is 0. The SMILES string of the molecule is COc1cc(C)c(C)cc1CCNCC(C)CCN. The molecule has 3 nitrogen and oxygen atoms in total. The number of hydrogen-bond donors (Lipinski definition) is 2. The fourth-order valence-electron chi connectivity index (χ4n) is 2.19. The maximum Gasteiger partial charge on any atom is 0.122 e. The Kier molecular flexibility index (Phi) is 6.89. The van der Waals surface area contributed by atoms with E-state index in [0.29, 0.717) is 5.92 Å². The van der Waals surface area contributed by atoms with Crippen molar-refractivity contribution < 1.29 is 4.74 Å². The standard InChI is InChI=1S/C16H28N2O/c1-12(5-7-17)11-18-8-6-15-9-13(2)14(3)10-16(15)19-4/h9-10,12,18H,5-8,11,17H2,1-4H3. The van der Waals surface area contributed by atoms with Gasteiger partial charge in [-0.2, -0.15) is 0 Å². The molecule has 0 heterocycles. The van der Waals surface area contributed by atoms with Gasteiger partial charge in [0.25, 0.3) is 0 Å². The van der Waals surface area contributed by atoms with Gasteiger partial charge in [-0.1, -0.05) is 13.0 Å². The Balaban J connectivity index is 2.46. The number of benzene rings is 1. The second kappa shape index (κ2) is 8.18. The van der Waals surface area contributed by atoms with Crippen molar-refractivity contribution in [2.75, 3.05) is 26.7 Å². The summed E-state index contributed by atoms with van der Waals surface area (Å²) in [6.45, 7) is 9.28. The quantitative estimate of drug-likeness (QED) is 0.709. The van der Waals surface area contributed by atoms with Crippen LogP contribution in [-0.4, -0.2) is 26.7 Å². The van der Waals surface area contributed by atoms with Crippen molar-refractivity contribution in [1.29, 1.82) is 0 Å². The smallest absolute Gasteiger partial charge is 0.122 e. The van der Waals surface area contributed by atoms with Gasteiger partial charge in [0.1, 0.15) is 5.75 Å². The van der Waals surface area contributed by atoms with Crippen LogP contribution in [0.3, 0.4) is 0 Å². The predicted molar refractivity (Wildman–Crippen MR) is 81.9 cm³/mol. The Labute approximate surface area is 117 Å². The molecule has 1 unspecified atom stereocenters. The summed E-state index contributed by atoms with van der Waals surface area (Å²) in [7, 11) is 1.74. The first-order valence-corrected chi connectivity index (χ1v) is 7.13. The molecule has 1 atom stereocenters. The first-order valence-electron chi connectivity index (χ1n) is 7.13. The minimum absolute atomic E-state index is 0.645. The van der Waals surface area contributed by atoms with Crippen molar-refractivity contribution in [3.63, 3.8) is 0 Å². The van der Waals surface area contributed by atoms with Gasteiger partial charge in [0.05, 0.1) is 7.11 Å². The van der Waals surface area contributed by atoms with Crippen LogP contribution >= 0.6 is 0 Å². The Hall–Kier alpha value is -1.06. The number of ether oxygens (including phenoxy) is 1. The van der Waals surface area contributed by atoms with Gasteiger partial charge in [-0.3, -0.25) is 0 Å². The van der Waals surface area contributed by atoms with Crippen molar-refractivity contribution >= 4 is 0 Å². The lowest BCUT2D eigenvalue weighted by Crippen LogP contribution is -2.25. The summed E-state index contributed by atoms with van der Waals surface area (Å²) in [6, 6.07) is 4.36. The average Bonchev–Trinajstić information content (AvgIpc) is 2.38. The van der Waals surface area contributed by atoms with E-state index in [2.05, 4.69) is 38.2 Å². The second-order valence-corrected chi connectivity index (χ2v) is 5.38. The Morgan fingerprint density at radius 1 is 1.26 bits per heavy atom. The molecule has 0 fully saturated rings. The highest BCUT2D eigenvalue weighted by Crippen LogP contribution is 2.23. The number of nitrogens with one attached hydrogen (secondary N) is 1. The molecule has 3 heteroatoms. The van der Waals surface area contributed by atoms with Crippen molar-refractivity contribution in [3.8, 4) is 5.75 Å². The molecule has 108 valence electrons. The molecular formula is C16H28N2O. The van der Waals surface area contributed by atoms with Gasteiger partial charge in [-0.15, -0.1) is 0 Å². The molecule has 0 saturated carbocycles. The topological polar surface area (TPSA) is 47.3 Å². The molecule has 1 aromatic carbocycles. The number of aryl methyl sites for hydroxylation is 2. The summed E-state index contributed by atoms with van der Waals surface area (Å²) in [5.41, 5.74) is 9.44. The van der Waals surface area contributed by atoms with E-state index in [1.165, 1.54) is 16.7 Å². The molecule has 0 spiro atoms. The van der Waals surface area contributed by atoms with Gasteiger partial charge in [0.2, 0.25) is 0 Å². The van der Waals surface area contributed by atoms with Crippen LogP contribution in [0.4, 0.5) is 0 Å². The minimum atomic E-state index is 0.645. The number of rotatable bonds is 8. The molecule has 1 rings (SSSR count). The van der Waals surface area contributed by atoms with Gasteiger partial charge in [0.15, 0.2) is 0 Å². The van der Waals surface area contributed by atoms with Gasteiger partial charge in [-0.25, -0.2) is 0 Å². The van der Waals surface area contributed by atoms with E-state index in [0.717, 1.165) is 38.2 Å². The van der Waals surface area contributed by atoms with E-state index in [9.17, 15) is 0 Å². The fraction of sp³-hybridized carbons (Fsp3) is 0.625. The van der Waals surface area contributed by atoms with Crippen LogP contribution in [0.1, 0.15) is 30.0 Å². The van der Waals surface area contributed by atoms with E-state index in [-0.39, 0.29) is 0 Å². The molecule has 0 amide bonds. The Morgan fingerprint density at radius 3 is 2.58 bits per heavy atom. The van der Waals surface area contributed by atoms with E-state index in [4.69, 9.17) is 10.5 Å². The number of hydrogen-bond acceptors (Lipinski definition) is 3. The zero-order valence-corrected chi connectivity index (χ0v) is 12.8. The molecule has 19 heavy (non-hydrogen) atoms. The molecule has 3 N–H and O–H groups in total. The van der Waals surface area contributed by atoms with Gasteiger partial charge in [0, 0.05) is 0 Å². The van der Waals surface area contributed by atoms with E-state index >= 15 is 0 Å². The zero-order valence-electron chi connectivity index (χ0n) is 12.8. The molecule has 0 bridgehead atoms. The molecular weight excluding hydrogens is 236 g/mol. The van der Waals surface area contributed by atoms with Crippen LogP contribution in [0.5, 0.6) is 5.75 Å². The molecule has 0 aliphatic carbocycles. The summed E-state index contributed by atoms with van der Waals surface area (Å²) in [5, 5.41) is 3.49. The van der Waals surface area contributed by atoms with Crippen molar-refractivity contribution in [2.45, 2.75) is 33.6 Å². The molecule has 0 aromatic heterocycles. The molecule has 0 radical (unpaired) electrons. The summed E-state index contributed by atoms with van der Waals surface area (Å²) < 4.78 is 5.45. The van der Waals surface area contributed by atoms with Crippen molar-refractivity contribution in [3.05, 3.63) is 28.8 Å². The first-order chi connectivity index (χ1) is 9.08. The van der Waals surface area contributed by atoms with E-state index < -0.39 is 0 Å². The van der Waals surface area contributed by atoms with E-state index in [1.807, 2.05) is 0 Å². The maximum absolute atomic E-state index is 5.55. The predicted octanol–water partition coefficient (Wildman–Crippen LogP) is 2.43. The normalized spacial score (nSPS) is 12.5. The number of nitrogens with two attached hydrogens (primary N) is 1. The lowest BCUT2D eigenvalue weighted by atomic mass is 10.0. The molecule has 0 aliphatic rings. The lowest BCUT2D eigenvalue weighted by molar-refractivity contribution is 0.408. The lowest BCUT2D eigenvalue weighted by Gasteiger charge is -2.14. The van der Waals surface area contributed by atoms with Crippen LogP contribution in [0.2, 0.25) is 0 Å².